The quantitative estimate of drug-likeness (QED) is 0.420. The van der Waals surface area contributed by atoms with Crippen LogP contribution in [0.3, 0.4) is 0 Å². The van der Waals surface area contributed by atoms with Crippen molar-refractivity contribution >= 4 is 29.1 Å². The number of hydrogen-bond acceptors (Lipinski definition) is 6. The summed E-state index contributed by atoms with van der Waals surface area (Å²) in [5.41, 5.74) is 3.57. The molecular formula is C17H19N3O4S. The fourth-order valence-corrected chi connectivity index (χ4v) is 2.70. The van der Waals surface area contributed by atoms with Gasteiger partial charge in [0.15, 0.2) is 6.61 Å². The van der Waals surface area contributed by atoms with E-state index < -0.39 is 10.8 Å². The molecule has 0 radical (unpaired) electrons. The number of ether oxygens (including phenoxy) is 1. The Kier molecular flexibility index (Phi) is 7.09. The second kappa shape index (κ2) is 9.53. The van der Waals surface area contributed by atoms with Crippen molar-refractivity contribution in [3.8, 4) is 5.75 Å². The predicted molar refractivity (Wildman–Crippen MR) is 97.3 cm³/mol. The van der Waals surface area contributed by atoms with E-state index in [0.717, 1.165) is 19.3 Å². The van der Waals surface area contributed by atoms with Crippen LogP contribution in [-0.2, 0) is 11.2 Å². The number of carbonyl (C=O) groups is 1. The summed E-state index contributed by atoms with van der Waals surface area (Å²) in [5.74, 6) is 0.214. The Bertz CT molecular complexity index is 741. The highest BCUT2D eigenvalue weighted by Gasteiger charge is 2.07. The lowest BCUT2D eigenvalue weighted by Gasteiger charge is -2.06. The van der Waals surface area contributed by atoms with Crippen LogP contribution in [-0.4, -0.2) is 23.7 Å². The molecule has 132 valence electrons. The lowest BCUT2D eigenvalue weighted by atomic mass is 10.1. The SMILES string of the molecule is CCCCc1ccc(OCC(=O)N/N=C/c2cc([N+](=O)[O-])cs2)cc1. The first kappa shape index (κ1) is 18.6. The van der Waals surface area contributed by atoms with Gasteiger partial charge in [-0.3, -0.25) is 14.9 Å². The molecule has 1 heterocycles. The van der Waals surface area contributed by atoms with Gasteiger partial charge in [0.05, 0.1) is 21.4 Å². The average molecular weight is 361 g/mol. The zero-order valence-corrected chi connectivity index (χ0v) is 14.6. The minimum absolute atomic E-state index is 0.00323. The van der Waals surface area contributed by atoms with E-state index in [0.29, 0.717) is 10.6 Å². The number of nitro groups is 1. The first-order valence-electron chi connectivity index (χ1n) is 7.85. The third-order valence-electron chi connectivity index (χ3n) is 3.31. The molecule has 2 rings (SSSR count). The second-order valence-corrected chi connectivity index (χ2v) is 6.24. The molecule has 0 fully saturated rings. The smallest absolute Gasteiger partial charge is 0.280 e. The van der Waals surface area contributed by atoms with Crippen LogP contribution in [0.2, 0.25) is 0 Å². The van der Waals surface area contributed by atoms with E-state index in [2.05, 4.69) is 17.5 Å². The molecule has 0 unspecified atom stereocenters. The number of hydrogen-bond donors (Lipinski definition) is 1. The van der Waals surface area contributed by atoms with Crippen molar-refractivity contribution < 1.29 is 14.5 Å². The number of rotatable bonds is 9. The van der Waals surface area contributed by atoms with Crippen LogP contribution < -0.4 is 10.2 Å². The first-order valence-corrected chi connectivity index (χ1v) is 8.73. The number of benzene rings is 1. The first-order chi connectivity index (χ1) is 12.1. The number of carbonyl (C=O) groups excluding carboxylic acids is 1. The maximum atomic E-state index is 11.7. The molecule has 25 heavy (non-hydrogen) atoms. The molecule has 1 N–H and O–H groups in total. The lowest BCUT2D eigenvalue weighted by molar-refractivity contribution is -0.384. The lowest BCUT2D eigenvalue weighted by Crippen LogP contribution is -2.24. The topological polar surface area (TPSA) is 93.8 Å². The summed E-state index contributed by atoms with van der Waals surface area (Å²) in [4.78, 5) is 22.3. The Balaban J connectivity index is 1.74. The largest absolute Gasteiger partial charge is 0.484 e. The summed E-state index contributed by atoms with van der Waals surface area (Å²) in [6.07, 6.45) is 4.69. The van der Waals surface area contributed by atoms with Gasteiger partial charge in [-0.25, -0.2) is 5.43 Å². The Morgan fingerprint density at radius 2 is 2.16 bits per heavy atom. The number of nitrogens with one attached hydrogen (secondary N) is 1. The summed E-state index contributed by atoms with van der Waals surface area (Å²) in [7, 11) is 0. The van der Waals surface area contributed by atoms with Gasteiger partial charge in [-0.05, 0) is 30.5 Å². The molecule has 0 aliphatic carbocycles. The maximum Gasteiger partial charge on any atom is 0.280 e. The van der Waals surface area contributed by atoms with Crippen LogP contribution in [0.15, 0.2) is 40.8 Å². The number of thiophene rings is 1. The molecule has 0 saturated heterocycles. The zero-order valence-electron chi connectivity index (χ0n) is 13.8. The molecule has 8 heteroatoms. The maximum absolute atomic E-state index is 11.7. The molecule has 1 aromatic carbocycles. The number of nitrogens with zero attached hydrogens (tertiary/aromatic N) is 2. The van der Waals surface area contributed by atoms with E-state index in [-0.39, 0.29) is 12.3 Å². The second-order valence-electron chi connectivity index (χ2n) is 5.29. The molecule has 0 saturated carbocycles. The van der Waals surface area contributed by atoms with Gasteiger partial charge >= 0.3 is 0 Å². The predicted octanol–water partition coefficient (Wildman–Crippen LogP) is 3.53. The highest BCUT2D eigenvalue weighted by atomic mass is 32.1. The van der Waals surface area contributed by atoms with Gasteiger partial charge in [0.25, 0.3) is 11.6 Å². The van der Waals surface area contributed by atoms with Gasteiger partial charge in [-0.1, -0.05) is 25.5 Å². The van der Waals surface area contributed by atoms with Crippen LogP contribution in [0, 0.1) is 10.1 Å². The molecule has 0 spiro atoms. The number of hydrazone groups is 1. The summed E-state index contributed by atoms with van der Waals surface area (Å²) in [5, 5.41) is 15.7. The minimum atomic E-state index is -0.478. The fourth-order valence-electron chi connectivity index (χ4n) is 1.99. The van der Waals surface area contributed by atoms with Crippen LogP contribution in [0.1, 0.15) is 30.2 Å². The van der Waals surface area contributed by atoms with Crippen molar-refractivity contribution in [3.63, 3.8) is 0 Å². The van der Waals surface area contributed by atoms with E-state index >= 15 is 0 Å². The average Bonchev–Trinajstić information content (AvgIpc) is 3.08. The van der Waals surface area contributed by atoms with Gasteiger partial charge in [0.1, 0.15) is 5.75 Å². The molecule has 2 aromatic rings. The van der Waals surface area contributed by atoms with Crippen molar-refractivity contribution in [1.82, 2.24) is 5.43 Å². The Morgan fingerprint density at radius 3 is 2.80 bits per heavy atom. The number of unbranched alkanes of at least 4 members (excludes halogenated alkanes) is 1. The van der Waals surface area contributed by atoms with E-state index in [1.54, 1.807) is 0 Å². The third kappa shape index (κ3) is 6.34. The van der Waals surface area contributed by atoms with E-state index in [4.69, 9.17) is 4.74 Å². The van der Waals surface area contributed by atoms with Crippen LogP contribution >= 0.6 is 11.3 Å². The van der Waals surface area contributed by atoms with Gasteiger partial charge < -0.3 is 4.74 Å². The molecule has 1 amide bonds. The Hall–Kier alpha value is -2.74. The summed E-state index contributed by atoms with van der Waals surface area (Å²) < 4.78 is 5.39. The van der Waals surface area contributed by atoms with Gasteiger partial charge in [-0.15, -0.1) is 11.3 Å². The van der Waals surface area contributed by atoms with E-state index in [1.807, 2.05) is 24.3 Å². The van der Waals surface area contributed by atoms with Gasteiger partial charge in [-0.2, -0.15) is 5.10 Å². The Labute approximate surface area is 149 Å². The van der Waals surface area contributed by atoms with Crippen molar-refractivity contribution in [1.29, 1.82) is 0 Å². The Morgan fingerprint density at radius 1 is 1.40 bits per heavy atom. The van der Waals surface area contributed by atoms with Crippen LogP contribution in [0.4, 0.5) is 5.69 Å². The van der Waals surface area contributed by atoms with E-state index in [1.165, 1.54) is 34.6 Å². The third-order valence-corrected chi connectivity index (χ3v) is 4.16. The molecule has 1 aromatic heterocycles. The number of amides is 1. The van der Waals surface area contributed by atoms with Crippen LogP contribution in [0.25, 0.3) is 0 Å². The van der Waals surface area contributed by atoms with Gasteiger partial charge in [0.2, 0.25) is 0 Å². The molecule has 0 atom stereocenters. The van der Waals surface area contributed by atoms with Crippen molar-refractivity contribution in [2.75, 3.05) is 6.61 Å². The van der Waals surface area contributed by atoms with E-state index in [9.17, 15) is 14.9 Å². The standard InChI is InChI=1S/C17H19N3O4S/c1-2-3-4-13-5-7-15(8-6-13)24-11-17(21)19-18-10-16-9-14(12-25-16)20(22)23/h5-10,12H,2-4,11H2,1H3,(H,19,21)/b18-10+. The van der Waals surface area contributed by atoms with Crippen LogP contribution in [0.5, 0.6) is 5.75 Å². The molecule has 0 aliphatic rings. The molecule has 0 bridgehead atoms. The van der Waals surface area contributed by atoms with Crippen molar-refractivity contribution in [3.05, 3.63) is 56.3 Å². The summed E-state index contributed by atoms with van der Waals surface area (Å²) in [6.45, 7) is 1.99. The minimum Gasteiger partial charge on any atom is -0.484 e. The highest BCUT2D eigenvalue weighted by Crippen LogP contribution is 2.19. The van der Waals surface area contributed by atoms with Crippen molar-refractivity contribution in [2.24, 2.45) is 5.10 Å². The normalized spacial score (nSPS) is 10.8. The fraction of sp³-hybridized carbons (Fsp3) is 0.294. The van der Waals surface area contributed by atoms with Crippen molar-refractivity contribution in [2.45, 2.75) is 26.2 Å². The monoisotopic (exact) mass is 361 g/mol. The zero-order chi connectivity index (χ0) is 18.1. The van der Waals surface area contributed by atoms with Gasteiger partial charge in [0, 0.05) is 6.07 Å². The molecule has 0 aliphatic heterocycles. The summed E-state index contributed by atoms with van der Waals surface area (Å²) >= 11 is 1.17. The molecular weight excluding hydrogens is 342 g/mol. The molecule has 7 nitrogen and oxygen atoms in total. The highest BCUT2D eigenvalue weighted by molar-refractivity contribution is 7.12. The number of aryl methyl sites for hydroxylation is 1. The summed E-state index contributed by atoms with van der Waals surface area (Å²) in [6, 6.07) is 9.05.